The molecule has 0 spiro atoms. The molecule has 1 saturated heterocycles. The van der Waals surface area contributed by atoms with Crippen LogP contribution in [0.15, 0.2) is 71.8 Å². The summed E-state index contributed by atoms with van der Waals surface area (Å²) in [6.45, 7) is 4.06. The Morgan fingerprint density at radius 3 is 2.38 bits per heavy atom. The standard InChI is InChI=1S/C25H28N4O3/c1-32-22-9-7-21(8-10-22)23-17-24(30)29(19-26-23)18-25(31)28-15-13-27(14-16-28)12-11-20-5-3-2-4-6-20/h2-10,17,19H,11-16,18H2,1H3. The number of amides is 1. The van der Waals surface area contributed by atoms with Crippen molar-refractivity contribution in [1.82, 2.24) is 19.4 Å². The lowest BCUT2D eigenvalue weighted by molar-refractivity contribution is -0.133. The largest absolute Gasteiger partial charge is 0.497 e. The zero-order valence-electron chi connectivity index (χ0n) is 18.3. The summed E-state index contributed by atoms with van der Waals surface area (Å²) in [6.07, 6.45) is 2.46. The number of methoxy groups -OCH3 is 1. The van der Waals surface area contributed by atoms with Gasteiger partial charge in [-0.25, -0.2) is 4.98 Å². The number of carbonyl (C=O) groups is 1. The minimum Gasteiger partial charge on any atom is -0.497 e. The van der Waals surface area contributed by atoms with Gasteiger partial charge < -0.3 is 9.64 Å². The van der Waals surface area contributed by atoms with Gasteiger partial charge in [0.15, 0.2) is 0 Å². The fraction of sp³-hybridized carbons (Fsp3) is 0.320. The fourth-order valence-electron chi connectivity index (χ4n) is 3.86. The molecular formula is C25H28N4O3. The van der Waals surface area contributed by atoms with Gasteiger partial charge in [-0.15, -0.1) is 0 Å². The smallest absolute Gasteiger partial charge is 0.254 e. The van der Waals surface area contributed by atoms with Crippen LogP contribution in [0.5, 0.6) is 5.75 Å². The van der Waals surface area contributed by atoms with Gasteiger partial charge in [-0.05, 0) is 36.2 Å². The van der Waals surface area contributed by atoms with Gasteiger partial charge in [0, 0.05) is 44.4 Å². The van der Waals surface area contributed by atoms with E-state index in [4.69, 9.17) is 4.74 Å². The van der Waals surface area contributed by atoms with Gasteiger partial charge in [-0.1, -0.05) is 30.3 Å². The van der Waals surface area contributed by atoms with Crippen LogP contribution in [0.25, 0.3) is 11.3 Å². The summed E-state index contributed by atoms with van der Waals surface area (Å²) in [5, 5.41) is 0. The zero-order valence-corrected chi connectivity index (χ0v) is 18.3. The van der Waals surface area contributed by atoms with Crippen molar-refractivity contribution in [2.45, 2.75) is 13.0 Å². The lowest BCUT2D eigenvalue weighted by Crippen LogP contribution is -2.50. The Hall–Kier alpha value is -3.45. The molecule has 0 unspecified atom stereocenters. The Bertz CT molecular complexity index is 1090. The average molecular weight is 433 g/mol. The van der Waals surface area contributed by atoms with Gasteiger partial charge in [0.05, 0.1) is 19.1 Å². The lowest BCUT2D eigenvalue weighted by Gasteiger charge is -2.34. The summed E-state index contributed by atoms with van der Waals surface area (Å²) in [5.74, 6) is 0.696. The summed E-state index contributed by atoms with van der Waals surface area (Å²) in [5.41, 5.74) is 2.50. The highest BCUT2D eigenvalue weighted by atomic mass is 16.5. The third-order valence-electron chi connectivity index (χ3n) is 5.86. The van der Waals surface area contributed by atoms with E-state index in [2.05, 4.69) is 34.1 Å². The number of carbonyl (C=O) groups excluding carboxylic acids is 1. The van der Waals surface area contributed by atoms with Gasteiger partial charge in [0.1, 0.15) is 12.3 Å². The monoisotopic (exact) mass is 432 g/mol. The quantitative estimate of drug-likeness (QED) is 0.573. The number of rotatable bonds is 7. The molecule has 166 valence electrons. The predicted octanol–water partition coefficient (Wildman–Crippen LogP) is 2.31. The number of hydrogen-bond donors (Lipinski definition) is 0. The van der Waals surface area contributed by atoms with Crippen LogP contribution in [0.2, 0.25) is 0 Å². The molecular weight excluding hydrogens is 404 g/mol. The summed E-state index contributed by atoms with van der Waals surface area (Å²) in [4.78, 5) is 33.9. The van der Waals surface area contributed by atoms with E-state index in [1.807, 2.05) is 35.2 Å². The maximum atomic E-state index is 12.7. The van der Waals surface area contributed by atoms with Gasteiger partial charge in [0.25, 0.3) is 5.56 Å². The normalized spacial score (nSPS) is 14.3. The first kappa shape index (κ1) is 21.8. The number of hydrogen-bond acceptors (Lipinski definition) is 5. The molecule has 1 aliphatic heterocycles. The first-order valence-corrected chi connectivity index (χ1v) is 10.9. The molecule has 0 saturated carbocycles. The fourth-order valence-corrected chi connectivity index (χ4v) is 3.86. The molecule has 0 bridgehead atoms. The highest BCUT2D eigenvalue weighted by Gasteiger charge is 2.21. The second-order valence-corrected chi connectivity index (χ2v) is 7.93. The molecule has 4 rings (SSSR count). The molecule has 7 heteroatoms. The number of benzene rings is 2. The van der Waals surface area contributed by atoms with Crippen molar-refractivity contribution in [3.8, 4) is 17.0 Å². The first-order chi connectivity index (χ1) is 15.6. The van der Waals surface area contributed by atoms with Gasteiger partial charge >= 0.3 is 0 Å². The third-order valence-corrected chi connectivity index (χ3v) is 5.86. The summed E-state index contributed by atoms with van der Waals surface area (Å²) < 4.78 is 6.53. The molecule has 0 aliphatic carbocycles. The molecule has 0 atom stereocenters. The Kier molecular flexibility index (Phi) is 6.97. The van der Waals surface area contributed by atoms with Crippen LogP contribution in [0.3, 0.4) is 0 Å². The van der Waals surface area contributed by atoms with Crippen LogP contribution in [-0.4, -0.2) is 65.1 Å². The molecule has 1 aromatic heterocycles. The molecule has 32 heavy (non-hydrogen) atoms. The molecule has 1 aliphatic rings. The van der Waals surface area contributed by atoms with Gasteiger partial charge in [-0.2, -0.15) is 0 Å². The van der Waals surface area contributed by atoms with Crippen molar-refractivity contribution in [3.05, 3.63) is 82.9 Å². The Balaban J connectivity index is 1.29. The van der Waals surface area contributed by atoms with Crippen molar-refractivity contribution < 1.29 is 9.53 Å². The molecule has 0 N–H and O–H groups in total. The van der Waals surface area contributed by atoms with Crippen LogP contribution in [0.4, 0.5) is 0 Å². The summed E-state index contributed by atoms with van der Waals surface area (Å²) >= 11 is 0. The topological polar surface area (TPSA) is 67.7 Å². The Morgan fingerprint density at radius 2 is 1.72 bits per heavy atom. The summed E-state index contributed by atoms with van der Waals surface area (Å²) in [7, 11) is 1.61. The van der Waals surface area contributed by atoms with Gasteiger partial charge in [-0.3, -0.25) is 19.1 Å². The van der Waals surface area contributed by atoms with Crippen LogP contribution in [0, 0.1) is 0 Å². The predicted molar refractivity (Wildman–Crippen MR) is 124 cm³/mol. The maximum Gasteiger partial charge on any atom is 0.254 e. The SMILES string of the molecule is COc1ccc(-c2cc(=O)n(CC(=O)N3CCN(CCc4ccccc4)CC3)cn2)cc1. The van der Waals surface area contributed by atoms with E-state index >= 15 is 0 Å². The second-order valence-electron chi connectivity index (χ2n) is 7.93. The Labute approximate surface area is 187 Å². The number of aromatic nitrogens is 2. The van der Waals surface area contributed by atoms with Crippen molar-refractivity contribution in [2.24, 2.45) is 0 Å². The van der Waals surface area contributed by atoms with E-state index in [-0.39, 0.29) is 18.0 Å². The molecule has 2 aromatic carbocycles. The minimum absolute atomic E-state index is 0.0126. The van der Waals surface area contributed by atoms with E-state index in [0.717, 1.165) is 37.4 Å². The second kappa shape index (κ2) is 10.2. The van der Waals surface area contributed by atoms with Crippen molar-refractivity contribution in [3.63, 3.8) is 0 Å². The summed E-state index contributed by atoms with van der Waals surface area (Å²) in [6, 6.07) is 19.3. The molecule has 1 amide bonds. The van der Waals surface area contributed by atoms with Crippen LogP contribution in [0.1, 0.15) is 5.56 Å². The van der Waals surface area contributed by atoms with E-state index < -0.39 is 0 Å². The van der Waals surface area contributed by atoms with Crippen LogP contribution in [-0.2, 0) is 17.8 Å². The molecule has 7 nitrogen and oxygen atoms in total. The van der Waals surface area contributed by atoms with E-state index in [1.165, 1.54) is 22.5 Å². The van der Waals surface area contributed by atoms with E-state index in [1.54, 1.807) is 7.11 Å². The highest BCUT2D eigenvalue weighted by Crippen LogP contribution is 2.19. The minimum atomic E-state index is -0.235. The average Bonchev–Trinajstić information content (AvgIpc) is 2.85. The third kappa shape index (κ3) is 5.42. The van der Waals surface area contributed by atoms with Gasteiger partial charge in [0.2, 0.25) is 5.91 Å². The van der Waals surface area contributed by atoms with Crippen molar-refractivity contribution in [2.75, 3.05) is 39.8 Å². The van der Waals surface area contributed by atoms with Crippen molar-refractivity contribution >= 4 is 5.91 Å². The van der Waals surface area contributed by atoms with Crippen molar-refractivity contribution in [1.29, 1.82) is 0 Å². The maximum absolute atomic E-state index is 12.7. The molecule has 0 radical (unpaired) electrons. The molecule has 3 aromatic rings. The zero-order chi connectivity index (χ0) is 22.3. The number of ether oxygens (including phenoxy) is 1. The van der Waals surface area contributed by atoms with Crippen LogP contribution < -0.4 is 10.3 Å². The van der Waals surface area contributed by atoms with Crippen LogP contribution >= 0.6 is 0 Å². The Morgan fingerprint density at radius 1 is 1.00 bits per heavy atom. The van der Waals surface area contributed by atoms with E-state index in [9.17, 15) is 9.59 Å². The lowest BCUT2D eigenvalue weighted by atomic mass is 10.1. The van der Waals surface area contributed by atoms with E-state index in [0.29, 0.717) is 18.8 Å². The molecule has 2 heterocycles. The first-order valence-electron chi connectivity index (χ1n) is 10.9. The number of nitrogens with zero attached hydrogens (tertiary/aromatic N) is 4. The highest BCUT2D eigenvalue weighted by molar-refractivity contribution is 5.76. The number of piperazine rings is 1. The molecule has 1 fully saturated rings.